The molecule has 1 aliphatic carbocycles. The Balaban J connectivity index is 2.03. The van der Waals surface area contributed by atoms with Crippen LogP contribution in [0.4, 0.5) is 5.69 Å². The van der Waals surface area contributed by atoms with E-state index in [0.717, 1.165) is 23.1 Å². The van der Waals surface area contributed by atoms with Gasteiger partial charge in [-0.2, -0.15) is 5.26 Å². The van der Waals surface area contributed by atoms with Crippen molar-refractivity contribution in [1.82, 2.24) is 10.2 Å². The smallest absolute Gasteiger partial charge is 0.186 e. The van der Waals surface area contributed by atoms with Crippen LogP contribution in [0.25, 0.3) is 10.9 Å². The molecular formula is C14H14N4. The Kier molecular flexibility index (Phi) is 2.41. The first-order valence-electron chi connectivity index (χ1n) is 6.11. The molecule has 0 spiro atoms. The van der Waals surface area contributed by atoms with Crippen molar-refractivity contribution in [3.8, 4) is 6.07 Å². The molecule has 0 saturated heterocycles. The van der Waals surface area contributed by atoms with Crippen LogP contribution in [0.2, 0.25) is 0 Å². The van der Waals surface area contributed by atoms with E-state index in [0.29, 0.717) is 11.1 Å². The number of hydrogen-bond acceptors (Lipinski definition) is 4. The van der Waals surface area contributed by atoms with E-state index in [-0.39, 0.29) is 0 Å². The molecule has 4 heteroatoms. The molecule has 2 aromatic rings. The van der Waals surface area contributed by atoms with E-state index < -0.39 is 0 Å². The molecule has 0 bridgehead atoms. The highest BCUT2D eigenvalue weighted by molar-refractivity contribution is 5.92. The number of nitriles is 1. The first kappa shape index (κ1) is 11.0. The van der Waals surface area contributed by atoms with Crippen LogP contribution in [-0.2, 0) is 0 Å². The first-order chi connectivity index (χ1) is 8.72. The molecule has 0 radical (unpaired) electrons. The molecule has 90 valence electrons. The van der Waals surface area contributed by atoms with Crippen LogP contribution in [0, 0.1) is 16.7 Å². The van der Waals surface area contributed by atoms with Gasteiger partial charge in [-0.1, -0.05) is 25.1 Å². The van der Waals surface area contributed by atoms with Gasteiger partial charge in [-0.25, -0.2) is 0 Å². The number of anilines is 1. The van der Waals surface area contributed by atoms with Gasteiger partial charge >= 0.3 is 0 Å². The van der Waals surface area contributed by atoms with Gasteiger partial charge in [-0.3, -0.25) is 0 Å². The molecule has 1 aromatic carbocycles. The molecule has 1 saturated carbocycles. The molecule has 1 aliphatic rings. The largest absolute Gasteiger partial charge is 0.382 e. The number of nitrogens with zero attached hydrogens (tertiary/aromatic N) is 3. The van der Waals surface area contributed by atoms with E-state index in [2.05, 4.69) is 28.5 Å². The Morgan fingerprint density at radius 2 is 2.11 bits per heavy atom. The van der Waals surface area contributed by atoms with Crippen molar-refractivity contribution >= 4 is 16.6 Å². The van der Waals surface area contributed by atoms with Crippen LogP contribution in [0.1, 0.15) is 25.5 Å². The fourth-order valence-electron chi connectivity index (χ4n) is 2.00. The molecule has 18 heavy (non-hydrogen) atoms. The second-order valence-electron chi connectivity index (χ2n) is 5.22. The van der Waals surface area contributed by atoms with Crippen molar-refractivity contribution in [2.75, 3.05) is 11.9 Å². The van der Waals surface area contributed by atoms with Crippen molar-refractivity contribution in [2.24, 2.45) is 5.41 Å². The van der Waals surface area contributed by atoms with Crippen molar-refractivity contribution in [3.63, 3.8) is 0 Å². The Morgan fingerprint density at radius 3 is 2.83 bits per heavy atom. The SMILES string of the molecule is CC1(CNc2c(C#N)nnc3ccccc23)CC1. The van der Waals surface area contributed by atoms with Gasteiger partial charge < -0.3 is 5.32 Å². The maximum atomic E-state index is 9.13. The predicted molar refractivity (Wildman–Crippen MR) is 70.1 cm³/mol. The minimum Gasteiger partial charge on any atom is -0.382 e. The molecule has 1 heterocycles. The molecule has 1 aromatic heterocycles. The normalized spacial score (nSPS) is 16.2. The molecule has 3 rings (SSSR count). The fraction of sp³-hybridized carbons (Fsp3) is 0.357. The van der Waals surface area contributed by atoms with Crippen LogP contribution in [0.15, 0.2) is 24.3 Å². The number of nitrogens with one attached hydrogen (secondary N) is 1. The standard InChI is InChI=1S/C14H14N4/c1-14(6-7-14)9-16-13-10-4-2-3-5-11(10)17-18-12(13)8-15/h2-5H,6-7,9H2,1H3,(H,16,17). The maximum absolute atomic E-state index is 9.13. The summed E-state index contributed by atoms with van der Waals surface area (Å²) in [6, 6.07) is 9.87. The monoisotopic (exact) mass is 238 g/mol. The Hall–Kier alpha value is -2.15. The summed E-state index contributed by atoms with van der Waals surface area (Å²) in [6.07, 6.45) is 2.50. The summed E-state index contributed by atoms with van der Waals surface area (Å²) in [4.78, 5) is 0. The minimum absolute atomic E-state index is 0.373. The summed E-state index contributed by atoms with van der Waals surface area (Å²) in [5.74, 6) is 0. The van der Waals surface area contributed by atoms with Crippen molar-refractivity contribution in [2.45, 2.75) is 19.8 Å². The summed E-state index contributed by atoms with van der Waals surface area (Å²) in [7, 11) is 0. The maximum Gasteiger partial charge on any atom is 0.186 e. The van der Waals surface area contributed by atoms with Gasteiger partial charge in [0.25, 0.3) is 0 Å². The third-order valence-corrected chi connectivity index (χ3v) is 3.57. The number of benzene rings is 1. The average molecular weight is 238 g/mol. The Bertz CT molecular complexity index is 638. The van der Waals surface area contributed by atoms with E-state index in [1.54, 1.807) is 0 Å². The quantitative estimate of drug-likeness (QED) is 0.893. The van der Waals surface area contributed by atoms with Gasteiger partial charge in [0.1, 0.15) is 6.07 Å². The number of hydrogen-bond donors (Lipinski definition) is 1. The molecule has 0 amide bonds. The zero-order valence-corrected chi connectivity index (χ0v) is 10.3. The first-order valence-corrected chi connectivity index (χ1v) is 6.11. The molecule has 1 fully saturated rings. The fourth-order valence-corrected chi connectivity index (χ4v) is 2.00. The minimum atomic E-state index is 0.373. The van der Waals surface area contributed by atoms with Crippen LogP contribution in [-0.4, -0.2) is 16.7 Å². The van der Waals surface area contributed by atoms with Crippen LogP contribution >= 0.6 is 0 Å². The summed E-state index contributed by atoms with van der Waals surface area (Å²) >= 11 is 0. The average Bonchev–Trinajstić information content (AvgIpc) is 3.14. The topological polar surface area (TPSA) is 61.6 Å². The lowest BCUT2D eigenvalue weighted by Crippen LogP contribution is -2.13. The zero-order chi connectivity index (χ0) is 12.6. The highest BCUT2D eigenvalue weighted by Crippen LogP contribution is 2.45. The van der Waals surface area contributed by atoms with E-state index in [1.165, 1.54) is 12.8 Å². The van der Waals surface area contributed by atoms with Gasteiger partial charge in [0.15, 0.2) is 5.69 Å². The Morgan fingerprint density at radius 1 is 1.33 bits per heavy atom. The third kappa shape index (κ3) is 1.88. The van der Waals surface area contributed by atoms with Crippen molar-refractivity contribution < 1.29 is 0 Å². The summed E-state index contributed by atoms with van der Waals surface area (Å²) in [5.41, 5.74) is 2.39. The van der Waals surface area contributed by atoms with Crippen molar-refractivity contribution in [1.29, 1.82) is 5.26 Å². The van der Waals surface area contributed by atoms with Crippen LogP contribution in [0.5, 0.6) is 0 Å². The molecule has 0 unspecified atom stereocenters. The second kappa shape index (κ2) is 3.95. The highest BCUT2D eigenvalue weighted by Gasteiger charge is 2.37. The van der Waals surface area contributed by atoms with Gasteiger partial charge in [0, 0.05) is 11.9 Å². The van der Waals surface area contributed by atoms with Gasteiger partial charge in [-0.05, 0) is 24.3 Å². The second-order valence-corrected chi connectivity index (χ2v) is 5.22. The summed E-state index contributed by atoms with van der Waals surface area (Å²) in [6.45, 7) is 3.14. The summed E-state index contributed by atoms with van der Waals surface area (Å²) in [5, 5.41) is 21.5. The number of rotatable bonds is 3. The van der Waals surface area contributed by atoms with Gasteiger partial charge in [0.05, 0.1) is 11.2 Å². The molecule has 4 nitrogen and oxygen atoms in total. The van der Waals surface area contributed by atoms with E-state index >= 15 is 0 Å². The lowest BCUT2D eigenvalue weighted by atomic mass is 10.1. The number of fused-ring (bicyclic) bond motifs is 1. The molecule has 1 N–H and O–H groups in total. The lowest BCUT2D eigenvalue weighted by molar-refractivity contribution is 0.610. The van der Waals surface area contributed by atoms with E-state index in [1.807, 2.05) is 24.3 Å². The zero-order valence-electron chi connectivity index (χ0n) is 10.3. The third-order valence-electron chi connectivity index (χ3n) is 3.57. The molecule has 0 aliphatic heterocycles. The van der Waals surface area contributed by atoms with Crippen LogP contribution < -0.4 is 5.32 Å². The molecule has 0 atom stereocenters. The van der Waals surface area contributed by atoms with Gasteiger partial charge in [-0.15, -0.1) is 10.2 Å². The number of aromatic nitrogens is 2. The highest BCUT2D eigenvalue weighted by atomic mass is 15.1. The predicted octanol–water partition coefficient (Wildman–Crippen LogP) is 2.71. The molecular weight excluding hydrogens is 224 g/mol. The lowest BCUT2D eigenvalue weighted by Gasteiger charge is -2.13. The van der Waals surface area contributed by atoms with Gasteiger partial charge in [0.2, 0.25) is 0 Å². The van der Waals surface area contributed by atoms with Crippen molar-refractivity contribution in [3.05, 3.63) is 30.0 Å². The van der Waals surface area contributed by atoms with E-state index in [4.69, 9.17) is 5.26 Å². The van der Waals surface area contributed by atoms with Crippen LogP contribution in [0.3, 0.4) is 0 Å². The Labute approximate surface area is 106 Å². The van der Waals surface area contributed by atoms with E-state index in [9.17, 15) is 0 Å². The summed E-state index contributed by atoms with van der Waals surface area (Å²) < 4.78 is 0.